The van der Waals surface area contributed by atoms with E-state index in [9.17, 15) is 4.79 Å². The lowest BCUT2D eigenvalue weighted by Crippen LogP contribution is -2.21. The van der Waals surface area contributed by atoms with Crippen LogP contribution in [0.3, 0.4) is 0 Å². The highest BCUT2D eigenvalue weighted by atomic mass is 16.5. The molecule has 0 radical (unpaired) electrons. The number of primary amides is 1. The van der Waals surface area contributed by atoms with Crippen molar-refractivity contribution < 1.29 is 9.53 Å². The number of fused-ring (bicyclic) bond motifs is 1. The number of rotatable bonds is 2. The number of hydrogen-bond acceptors (Lipinski definition) is 4. The maximum absolute atomic E-state index is 11.0. The molecule has 15 heavy (non-hydrogen) atoms. The predicted molar refractivity (Wildman–Crippen MR) is 53.0 cm³/mol. The minimum Gasteiger partial charge on any atom is -0.364 e. The molecule has 1 atom stereocenters. The molecular formula is C10H13N3O2. The van der Waals surface area contributed by atoms with Gasteiger partial charge >= 0.3 is 0 Å². The van der Waals surface area contributed by atoms with Gasteiger partial charge in [-0.1, -0.05) is 6.92 Å². The molecule has 80 valence electrons. The van der Waals surface area contributed by atoms with Crippen LogP contribution in [0.1, 0.15) is 42.0 Å². The molecule has 2 heterocycles. The molecular weight excluding hydrogens is 194 g/mol. The molecule has 1 aromatic heterocycles. The third-order valence-corrected chi connectivity index (χ3v) is 2.89. The number of hydrogen-bond donors (Lipinski definition) is 1. The van der Waals surface area contributed by atoms with Gasteiger partial charge in [-0.05, 0) is 19.4 Å². The summed E-state index contributed by atoms with van der Waals surface area (Å²) in [5, 5.41) is 7.69. The minimum atomic E-state index is -0.560. The van der Waals surface area contributed by atoms with E-state index in [-0.39, 0.29) is 11.3 Å². The Balaban J connectivity index is 2.51. The summed E-state index contributed by atoms with van der Waals surface area (Å²) in [5.74, 6) is -0.560. The Kier molecular flexibility index (Phi) is 2.19. The first-order valence-corrected chi connectivity index (χ1v) is 4.87. The van der Waals surface area contributed by atoms with E-state index in [4.69, 9.17) is 10.5 Å². The third kappa shape index (κ3) is 1.48. The van der Waals surface area contributed by atoms with Crippen molar-refractivity contribution in [2.45, 2.75) is 32.5 Å². The zero-order valence-electron chi connectivity index (χ0n) is 8.78. The molecule has 0 bridgehead atoms. The van der Waals surface area contributed by atoms with Crippen LogP contribution in [0.4, 0.5) is 0 Å². The standard InChI is InChI=1S/C10H13N3O2/c1-3-10(2)6-4-7(9(11)14)12-13-8(6)5-15-10/h4H,3,5H2,1-2H3,(H2,11,14). The molecule has 1 aromatic rings. The molecule has 5 nitrogen and oxygen atoms in total. The molecule has 1 unspecified atom stereocenters. The second-order valence-electron chi connectivity index (χ2n) is 3.83. The maximum atomic E-state index is 11.0. The Labute approximate surface area is 87.6 Å². The van der Waals surface area contributed by atoms with Crippen LogP contribution in [0.15, 0.2) is 6.07 Å². The molecule has 1 aliphatic rings. The third-order valence-electron chi connectivity index (χ3n) is 2.89. The van der Waals surface area contributed by atoms with Gasteiger partial charge in [0.05, 0.1) is 17.9 Å². The van der Waals surface area contributed by atoms with E-state index in [0.29, 0.717) is 6.61 Å². The summed E-state index contributed by atoms with van der Waals surface area (Å²) in [5.41, 5.74) is 6.70. The van der Waals surface area contributed by atoms with Crippen molar-refractivity contribution >= 4 is 5.91 Å². The summed E-state index contributed by atoms with van der Waals surface area (Å²) >= 11 is 0. The van der Waals surface area contributed by atoms with Gasteiger partial charge in [-0.3, -0.25) is 4.79 Å². The van der Waals surface area contributed by atoms with Gasteiger partial charge in [0.25, 0.3) is 5.91 Å². The van der Waals surface area contributed by atoms with Crippen molar-refractivity contribution in [3.8, 4) is 0 Å². The van der Waals surface area contributed by atoms with Crippen molar-refractivity contribution in [2.75, 3.05) is 0 Å². The predicted octanol–water partition coefficient (Wildman–Crippen LogP) is 0.731. The van der Waals surface area contributed by atoms with Crippen molar-refractivity contribution in [3.05, 3.63) is 23.0 Å². The second-order valence-corrected chi connectivity index (χ2v) is 3.83. The SMILES string of the molecule is CCC1(C)OCc2nnc(C(N)=O)cc21. The van der Waals surface area contributed by atoms with Crippen LogP contribution in [0.25, 0.3) is 0 Å². The van der Waals surface area contributed by atoms with E-state index < -0.39 is 5.91 Å². The van der Waals surface area contributed by atoms with E-state index in [2.05, 4.69) is 10.2 Å². The zero-order chi connectivity index (χ0) is 11.1. The number of ether oxygens (including phenoxy) is 1. The fourth-order valence-electron chi connectivity index (χ4n) is 1.70. The monoisotopic (exact) mass is 207 g/mol. The Morgan fingerprint density at radius 1 is 1.67 bits per heavy atom. The van der Waals surface area contributed by atoms with Gasteiger partial charge in [0, 0.05) is 5.56 Å². The van der Waals surface area contributed by atoms with Gasteiger partial charge in [-0.15, -0.1) is 5.10 Å². The summed E-state index contributed by atoms with van der Waals surface area (Å²) in [4.78, 5) is 11.0. The highest BCUT2D eigenvalue weighted by molar-refractivity contribution is 5.90. The molecule has 0 spiro atoms. The van der Waals surface area contributed by atoms with Crippen LogP contribution in [0.2, 0.25) is 0 Å². The summed E-state index contributed by atoms with van der Waals surface area (Å²) in [6.45, 7) is 4.45. The molecule has 2 N–H and O–H groups in total. The van der Waals surface area contributed by atoms with Crippen LogP contribution >= 0.6 is 0 Å². The summed E-state index contributed by atoms with van der Waals surface area (Å²) < 4.78 is 5.64. The van der Waals surface area contributed by atoms with E-state index in [0.717, 1.165) is 17.7 Å². The van der Waals surface area contributed by atoms with Gasteiger partial charge in [0.2, 0.25) is 0 Å². The van der Waals surface area contributed by atoms with Gasteiger partial charge in [0.15, 0.2) is 5.69 Å². The van der Waals surface area contributed by atoms with Crippen LogP contribution in [-0.2, 0) is 16.9 Å². The molecule has 1 aliphatic heterocycles. The largest absolute Gasteiger partial charge is 0.364 e. The number of nitrogens with two attached hydrogens (primary N) is 1. The smallest absolute Gasteiger partial charge is 0.269 e. The molecule has 0 saturated heterocycles. The van der Waals surface area contributed by atoms with E-state index >= 15 is 0 Å². The summed E-state index contributed by atoms with van der Waals surface area (Å²) in [7, 11) is 0. The van der Waals surface area contributed by atoms with Crippen molar-refractivity contribution in [2.24, 2.45) is 5.73 Å². The minimum absolute atomic E-state index is 0.193. The number of nitrogens with zero attached hydrogens (tertiary/aromatic N) is 2. The van der Waals surface area contributed by atoms with Crippen LogP contribution < -0.4 is 5.73 Å². The van der Waals surface area contributed by atoms with E-state index in [1.807, 2.05) is 13.8 Å². The van der Waals surface area contributed by atoms with Gasteiger partial charge in [-0.2, -0.15) is 5.10 Å². The molecule has 5 heteroatoms. The van der Waals surface area contributed by atoms with Gasteiger partial charge in [0.1, 0.15) is 0 Å². The molecule has 0 aliphatic carbocycles. The van der Waals surface area contributed by atoms with E-state index in [1.54, 1.807) is 6.07 Å². The lowest BCUT2D eigenvalue weighted by Gasteiger charge is -2.22. The lowest BCUT2D eigenvalue weighted by atomic mass is 9.94. The summed E-state index contributed by atoms with van der Waals surface area (Å²) in [6, 6.07) is 1.68. The average molecular weight is 207 g/mol. The Morgan fingerprint density at radius 3 is 3.00 bits per heavy atom. The lowest BCUT2D eigenvalue weighted by molar-refractivity contribution is -0.0264. The number of aromatic nitrogens is 2. The number of amides is 1. The fourth-order valence-corrected chi connectivity index (χ4v) is 1.70. The zero-order valence-corrected chi connectivity index (χ0v) is 8.78. The van der Waals surface area contributed by atoms with Crippen molar-refractivity contribution in [3.63, 3.8) is 0 Å². The molecule has 0 fully saturated rings. The molecule has 0 aromatic carbocycles. The molecule has 0 saturated carbocycles. The van der Waals surface area contributed by atoms with Crippen LogP contribution in [-0.4, -0.2) is 16.1 Å². The fraction of sp³-hybridized carbons (Fsp3) is 0.500. The quantitative estimate of drug-likeness (QED) is 0.775. The van der Waals surface area contributed by atoms with Crippen LogP contribution in [0, 0.1) is 0 Å². The second kappa shape index (κ2) is 3.27. The first kappa shape index (κ1) is 10.0. The Bertz CT molecular complexity index is 419. The van der Waals surface area contributed by atoms with Gasteiger partial charge in [-0.25, -0.2) is 0 Å². The number of carbonyl (C=O) groups excluding carboxylic acids is 1. The van der Waals surface area contributed by atoms with Crippen molar-refractivity contribution in [1.29, 1.82) is 0 Å². The van der Waals surface area contributed by atoms with Gasteiger partial charge < -0.3 is 10.5 Å². The van der Waals surface area contributed by atoms with Crippen LogP contribution in [0.5, 0.6) is 0 Å². The normalized spacial score (nSPS) is 23.9. The highest BCUT2D eigenvalue weighted by Gasteiger charge is 2.35. The summed E-state index contributed by atoms with van der Waals surface area (Å²) in [6.07, 6.45) is 0.823. The maximum Gasteiger partial charge on any atom is 0.269 e. The van der Waals surface area contributed by atoms with Crippen molar-refractivity contribution in [1.82, 2.24) is 10.2 Å². The number of carbonyl (C=O) groups is 1. The average Bonchev–Trinajstić information content (AvgIpc) is 2.57. The highest BCUT2D eigenvalue weighted by Crippen LogP contribution is 2.37. The molecule has 1 amide bonds. The molecule has 2 rings (SSSR count). The van der Waals surface area contributed by atoms with E-state index in [1.165, 1.54) is 0 Å². The first-order chi connectivity index (χ1) is 7.07. The Hall–Kier alpha value is -1.49. The Morgan fingerprint density at radius 2 is 2.40 bits per heavy atom. The topological polar surface area (TPSA) is 78.1 Å². The first-order valence-electron chi connectivity index (χ1n) is 4.87.